The molecule has 0 aliphatic rings. The third-order valence-electron chi connectivity index (χ3n) is 3.39. The molecule has 0 spiro atoms. The van der Waals surface area contributed by atoms with Crippen LogP contribution in [0.25, 0.3) is 0 Å². The van der Waals surface area contributed by atoms with Crippen LogP contribution in [0.5, 0.6) is 11.6 Å². The molecule has 2 rings (SSSR count). The minimum atomic E-state index is 0.592. The molecule has 4 nitrogen and oxygen atoms in total. The van der Waals surface area contributed by atoms with Gasteiger partial charge in [0, 0.05) is 19.0 Å². The second-order valence-corrected chi connectivity index (χ2v) is 5.09. The van der Waals surface area contributed by atoms with Gasteiger partial charge in [0.05, 0.1) is 0 Å². The summed E-state index contributed by atoms with van der Waals surface area (Å²) in [6.45, 7) is 9.20. The monoisotopic (exact) mass is 285 g/mol. The Labute approximate surface area is 126 Å². The van der Waals surface area contributed by atoms with Crippen LogP contribution in [0, 0.1) is 13.8 Å². The lowest BCUT2D eigenvalue weighted by Crippen LogP contribution is -2.06. The molecular formula is C17H23N3O. The van der Waals surface area contributed by atoms with Crippen molar-refractivity contribution in [2.75, 3.05) is 11.9 Å². The van der Waals surface area contributed by atoms with Gasteiger partial charge in [-0.15, -0.1) is 0 Å². The SMILES string of the molecule is CCCNc1cc(Oc2cccc(C)c2C)nc(CC)n1. The molecule has 0 saturated heterocycles. The molecule has 0 amide bonds. The van der Waals surface area contributed by atoms with Crippen molar-refractivity contribution in [1.82, 2.24) is 9.97 Å². The Morgan fingerprint density at radius 1 is 1.14 bits per heavy atom. The Kier molecular flexibility index (Phi) is 5.14. The number of aromatic nitrogens is 2. The predicted molar refractivity (Wildman–Crippen MR) is 86.2 cm³/mol. The summed E-state index contributed by atoms with van der Waals surface area (Å²) in [7, 11) is 0. The summed E-state index contributed by atoms with van der Waals surface area (Å²) in [6.07, 6.45) is 1.84. The Morgan fingerprint density at radius 2 is 1.95 bits per heavy atom. The predicted octanol–water partition coefficient (Wildman–Crippen LogP) is 4.27. The van der Waals surface area contributed by atoms with Crippen LogP contribution < -0.4 is 10.1 Å². The van der Waals surface area contributed by atoms with Crippen LogP contribution in [-0.2, 0) is 6.42 Å². The second kappa shape index (κ2) is 7.07. The molecule has 1 heterocycles. The van der Waals surface area contributed by atoms with Crippen LogP contribution in [0.1, 0.15) is 37.2 Å². The van der Waals surface area contributed by atoms with E-state index in [1.54, 1.807) is 0 Å². The maximum Gasteiger partial charge on any atom is 0.224 e. The zero-order valence-electron chi connectivity index (χ0n) is 13.2. The van der Waals surface area contributed by atoms with Crippen LogP contribution in [0.15, 0.2) is 24.3 Å². The molecule has 0 radical (unpaired) electrons. The van der Waals surface area contributed by atoms with Gasteiger partial charge in [-0.25, -0.2) is 4.98 Å². The summed E-state index contributed by atoms with van der Waals surface area (Å²) < 4.78 is 5.96. The lowest BCUT2D eigenvalue weighted by molar-refractivity contribution is 0.455. The van der Waals surface area contributed by atoms with Crippen LogP contribution in [0.2, 0.25) is 0 Å². The minimum Gasteiger partial charge on any atom is -0.439 e. The average Bonchev–Trinajstić information content (AvgIpc) is 2.49. The van der Waals surface area contributed by atoms with Gasteiger partial charge in [0.2, 0.25) is 5.88 Å². The molecule has 0 saturated carbocycles. The smallest absolute Gasteiger partial charge is 0.224 e. The maximum atomic E-state index is 5.96. The summed E-state index contributed by atoms with van der Waals surface area (Å²) in [5.74, 6) is 3.05. The van der Waals surface area contributed by atoms with Crippen molar-refractivity contribution in [1.29, 1.82) is 0 Å². The van der Waals surface area contributed by atoms with Crippen LogP contribution in [0.4, 0.5) is 5.82 Å². The van der Waals surface area contributed by atoms with Crippen molar-refractivity contribution in [2.24, 2.45) is 0 Å². The highest BCUT2D eigenvalue weighted by atomic mass is 16.5. The summed E-state index contributed by atoms with van der Waals surface area (Å²) in [6, 6.07) is 7.90. The Morgan fingerprint density at radius 3 is 2.67 bits per heavy atom. The fourth-order valence-electron chi connectivity index (χ4n) is 1.97. The largest absolute Gasteiger partial charge is 0.439 e. The average molecular weight is 285 g/mol. The molecule has 0 bridgehead atoms. The summed E-state index contributed by atoms with van der Waals surface area (Å²) in [4.78, 5) is 8.92. The molecule has 0 aliphatic heterocycles. The van der Waals surface area contributed by atoms with Gasteiger partial charge in [-0.05, 0) is 37.5 Å². The molecule has 2 aromatic rings. The number of hydrogen-bond donors (Lipinski definition) is 1. The zero-order chi connectivity index (χ0) is 15.2. The number of anilines is 1. The van der Waals surface area contributed by atoms with Crippen molar-refractivity contribution in [3.63, 3.8) is 0 Å². The number of ether oxygens (including phenoxy) is 1. The molecule has 21 heavy (non-hydrogen) atoms. The van der Waals surface area contributed by atoms with Gasteiger partial charge in [-0.1, -0.05) is 26.0 Å². The van der Waals surface area contributed by atoms with Gasteiger partial charge in [-0.2, -0.15) is 4.98 Å². The fraction of sp³-hybridized carbons (Fsp3) is 0.412. The quantitative estimate of drug-likeness (QED) is 0.861. The Hall–Kier alpha value is -2.10. The van der Waals surface area contributed by atoms with Crippen molar-refractivity contribution < 1.29 is 4.74 Å². The van der Waals surface area contributed by atoms with E-state index in [1.807, 2.05) is 25.1 Å². The van der Waals surface area contributed by atoms with E-state index >= 15 is 0 Å². The van der Waals surface area contributed by atoms with Gasteiger partial charge >= 0.3 is 0 Å². The van der Waals surface area contributed by atoms with Gasteiger partial charge in [0.25, 0.3) is 0 Å². The van der Waals surface area contributed by atoms with E-state index in [0.29, 0.717) is 5.88 Å². The normalized spacial score (nSPS) is 10.5. The van der Waals surface area contributed by atoms with Crippen molar-refractivity contribution in [3.8, 4) is 11.6 Å². The van der Waals surface area contributed by atoms with E-state index in [0.717, 1.165) is 42.3 Å². The molecule has 4 heteroatoms. The zero-order valence-corrected chi connectivity index (χ0v) is 13.2. The molecule has 1 N–H and O–H groups in total. The lowest BCUT2D eigenvalue weighted by Gasteiger charge is -2.12. The highest BCUT2D eigenvalue weighted by molar-refractivity contribution is 5.43. The van der Waals surface area contributed by atoms with E-state index in [-0.39, 0.29) is 0 Å². The van der Waals surface area contributed by atoms with Gasteiger partial charge in [0.15, 0.2) is 0 Å². The Bertz CT molecular complexity index is 611. The Balaban J connectivity index is 2.28. The van der Waals surface area contributed by atoms with E-state index in [2.05, 4.69) is 42.1 Å². The van der Waals surface area contributed by atoms with E-state index in [4.69, 9.17) is 4.74 Å². The molecule has 0 aliphatic carbocycles. The number of aryl methyl sites for hydroxylation is 2. The molecule has 112 valence electrons. The first-order chi connectivity index (χ1) is 10.1. The first-order valence-electron chi connectivity index (χ1n) is 7.50. The summed E-state index contributed by atoms with van der Waals surface area (Å²) in [5.41, 5.74) is 2.35. The van der Waals surface area contributed by atoms with E-state index < -0.39 is 0 Å². The maximum absolute atomic E-state index is 5.96. The van der Waals surface area contributed by atoms with Crippen LogP contribution >= 0.6 is 0 Å². The highest BCUT2D eigenvalue weighted by Crippen LogP contribution is 2.26. The molecule has 0 atom stereocenters. The van der Waals surface area contributed by atoms with Crippen LogP contribution in [-0.4, -0.2) is 16.5 Å². The number of hydrogen-bond acceptors (Lipinski definition) is 4. The highest BCUT2D eigenvalue weighted by Gasteiger charge is 2.08. The number of rotatable bonds is 6. The van der Waals surface area contributed by atoms with Crippen molar-refractivity contribution in [2.45, 2.75) is 40.5 Å². The molecular weight excluding hydrogens is 262 g/mol. The molecule has 0 fully saturated rings. The summed E-state index contributed by atoms with van der Waals surface area (Å²) >= 11 is 0. The van der Waals surface area contributed by atoms with E-state index in [1.165, 1.54) is 5.56 Å². The lowest BCUT2D eigenvalue weighted by atomic mass is 10.1. The fourth-order valence-corrected chi connectivity index (χ4v) is 1.97. The molecule has 1 aromatic heterocycles. The van der Waals surface area contributed by atoms with Crippen LogP contribution in [0.3, 0.4) is 0 Å². The first kappa shape index (κ1) is 15.3. The molecule has 0 unspecified atom stereocenters. The third-order valence-corrected chi connectivity index (χ3v) is 3.39. The second-order valence-electron chi connectivity index (χ2n) is 5.09. The molecule has 1 aromatic carbocycles. The number of nitrogens with one attached hydrogen (secondary N) is 1. The summed E-state index contributed by atoms with van der Waals surface area (Å²) in [5, 5.41) is 3.29. The number of benzene rings is 1. The topological polar surface area (TPSA) is 47.0 Å². The van der Waals surface area contributed by atoms with Gasteiger partial charge in [0.1, 0.15) is 17.4 Å². The minimum absolute atomic E-state index is 0.592. The van der Waals surface area contributed by atoms with Crippen molar-refractivity contribution >= 4 is 5.82 Å². The standard InChI is InChI=1S/C17H23N3O/c1-5-10-18-16-11-17(20-15(6-2)19-16)21-14-9-7-8-12(3)13(14)4/h7-9,11H,5-6,10H2,1-4H3,(H,18,19,20). The third kappa shape index (κ3) is 3.94. The first-order valence-corrected chi connectivity index (χ1v) is 7.50. The number of nitrogens with zero attached hydrogens (tertiary/aromatic N) is 2. The van der Waals surface area contributed by atoms with Gasteiger partial charge < -0.3 is 10.1 Å². The van der Waals surface area contributed by atoms with Crippen molar-refractivity contribution in [3.05, 3.63) is 41.2 Å². The van der Waals surface area contributed by atoms with Gasteiger partial charge in [-0.3, -0.25) is 0 Å². The van der Waals surface area contributed by atoms with E-state index in [9.17, 15) is 0 Å².